The van der Waals surface area contributed by atoms with Crippen molar-refractivity contribution in [1.29, 1.82) is 0 Å². The molecule has 1 saturated heterocycles. The van der Waals surface area contributed by atoms with Gasteiger partial charge in [-0.2, -0.15) is 13.1 Å². The fourth-order valence-electron chi connectivity index (χ4n) is 2.73. The summed E-state index contributed by atoms with van der Waals surface area (Å²) in [6.45, 7) is 0.0382. The van der Waals surface area contributed by atoms with Gasteiger partial charge >= 0.3 is 0 Å². The molecule has 0 atom stereocenters. The molecule has 7 nitrogen and oxygen atoms in total. The number of thioether (sulfide) groups is 1. The molecule has 0 saturated carbocycles. The summed E-state index contributed by atoms with van der Waals surface area (Å²) in [6.07, 6.45) is 0. The molecule has 2 aromatic rings. The van der Waals surface area contributed by atoms with Gasteiger partial charge in [-0.25, -0.2) is 8.42 Å². The summed E-state index contributed by atoms with van der Waals surface area (Å²) < 4.78 is 52.0. The Bertz CT molecular complexity index is 1030. The first-order valence-electron chi connectivity index (χ1n) is 8.49. The molecule has 0 aromatic heterocycles. The van der Waals surface area contributed by atoms with E-state index in [0.29, 0.717) is 11.8 Å². The first-order chi connectivity index (χ1) is 13.8. The molecular weight excluding hydrogens is 424 g/mol. The lowest BCUT2D eigenvalue weighted by molar-refractivity contribution is -0.122. The van der Waals surface area contributed by atoms with Gasteiger partial charge in [0.1, 0.15) is 0 Å². The highest BCUT2D eigenvalue weighted by Crippen LogP contribution is 2.32. The van der Waals surface area contributed by atoms with Gasteiger partial charge in [0, 0.05) is 23.5 Å². The van der Waals surface area contributed by atoms with Gasteiger partial charge in [-0.15, -0.1) is 0 Å². The summed E-state index contributed by atoms with van der Waals surface area (Å²) in [7, 11) is -3.96. The van der Waals surface area contributed by atoms with Crippen LogP contribution in [0.4, 0.5) is 14.5 Å². The van der Waals surface area contributed by atoms with E-state index in [4.69, 9.17) is 0 Å². The highest BCUT2D eigenvalue weighted by atomic mass is 32.2. The van der Waals surface area contributed by atoms with Crippen LogP contribution in [0.1, 0.15) is 10.4 Å². The van der Waals surface area contributed by atoms with E-state index in [-0.39, 0.29) is 40.7 Å². The Morgan fingerprint density at radius 2 is 1.93 bits per heavy atom. The van der Waals surface area contributed by atoms with E-state index in [1.165, 1.54) is 36.4 Å². The van der Waals surface area contributed by atoms with Crippen LogP contribution in [0, 0.1) is 0 Å². The number of rotatable bonds is 6. The number of piperazine rings is 1. The number of nitrogens with zero attached hydrogens (tertiary/aromatic N) is 1. The second kappa shape index (κ2) is 8.89. The lowest BCUT2D eigenvalue weighted by Crippen LogP contribution is -2.49. The van der Waals surface area contributed by atoms with Gasteiger partial charge in [0.05, 0.1) is 17.1 Å². The largest absolute Gasteiger partial charge is 0.354 e. The Morgan fingerprint density at radius 3 is 2.66 bits per heavy atom. The van der Waals surface area contributed by atoms with E-state index < -0.39 is 27.6 Å². The van der Waals surface area contributed by atoms with E-state index in [1.54, 1.807) is 12.1 Å². The summed E-state index contributed by atoms with van der Waals surface area (Å²) in [5.41, 5.74) is 0.244. The second-order valence-electron chi connectivity index (χ2n) is 6.05. The number of sulfonamides is 1. The van der Waals surface area contributed by atoms with Crippen molar-refractivity contribution in [3.8, 4) is 0 Å². The van der Waals surface area contributed by atoms with Gasteiger partial charge in [0.25, 0.3) is 11.7 Å². The van der Waals surface area contributed by atoms with Crippen molar-refractivity contribution >= 4 is 39.3 Å². The third-order valence-corrected chi connectivity index (χ3v) is 6.72. The van der Waals surface area contributed by atoms with E-state index >= 15 is 0 Å². The maximum absolute atomic E-state index is 12.8. The molecule has 0 aliphatic carbocycles. The Labute approximate surface area is 170 Å². The predicted molar refractivity (Wildman–Crippen MR) is 104 cm³/mol. The van der Waals surface area contributed by atoms with Gasteiger partial charge in [-0.3, -0.25) is 9.59 Å². The molecule has 0 radical (unpaired) electrons. The molecule has 3 rings (SSSR count). The van der Waals surface area contributed by atoms with Crippen molar-refractivity contribution in [2.24, 2.45) is 0 Å². The molecule has 154 valence electrons. The van der Waals surface area contributed by atoms with E-state index in [9.17, 15) is 26.8 Å². The molecule has 1 aliphatic heterocycles. The number of carbonyl (C=O) groups excluding carboxylic acids is 2. The maximum atomic E-state index is 12.8. The number of hydrogen-bond donors (Lipinski definition) is 2. The van der Waals surface area contributed by atoms with Crippen molar-refractivity contribution in [2.75, 3.05) is 25.0 Å². The molecule has 1 aliphatic rings. The van der Waals surface area contributed by atoms with Crippen molar-refractivity contribution in [2.45, 2.75) is 15.5 Å². The molecule has 0 spiro atoms. The van der Waals surface area contributed by atoms with Crippen molar-refractivity contribution < 1.29 is 26.8 Å². The number of alkyl halides is 2. The molecule has 1 heterocycles. The number of carbonyl (C=O) groups is 2. The van der Waals surface area contributed by atoms with Crippen molar-refractivity contribution in [3.63, 3.8) is 0 Å². The SMILES string of the molecule is O=C1CN(S(=O)(=O)c2cccc(C(=O)Nc3ccccc3SC(F)F)c2)CCN1. The van der Waals surface area contributed by atoms with Gasteiger partial charge in [-0.05, 0) is 30.3 Å². The topological polar surface area (TPSA) is 95.6 Å². The number of amides is 2. The van der Waals surface area contributed by atoms with Crippen molar-refractivity contribution in [1.82, 2.24) is 9.62 Å². The number of halogens is 2. The predicted octanol–water partition coefficient (Wildman–Crippen LogP) is 2.37. The zero-order valence-corrected chi connectivity index (χ0v) is 16.6. The molecule has 0 bridgehead atoms. The molecule has 11 heteroatoms. The fourth-order valence-corrected chi connectivity index (χ4v) is 4.77. The van der Waals surface area contributed by atoms with Gasteiger partial charge in [0.2, 0.25) is 15.9 Å². The molecule has 2 N–H and O–H groups in total. The first-order valence-corrected chi connectivity index (χ1v) is 10.8. The number of benzene rings is 2. The van der Waals surface area contributed by atoms with E-state index in [0.717, 1.165) is 4.31 Å². The van der Waals surface area contributed by atoms with Crippen LogP contribution in [0.25, 0.3) is 0 Å². The minimum absolute atomic E-state index is 0.0457. The second-order valence-corrected chi connectivity index (χ2v) is 9.01. The molecular formula is C18H17F2N3O4S2. The average molecular weight is 441 g/mol. The molecule has 1 fully saturated rings. The number of hydrogen-bond acceptors (Lipinski definition) is 5. The van der Waals surface area contributed by atoms with Gasteiger partial charge < -0.3 is 10.6 Å². The summed E-state index contributed by atoms with van der Waals surface area (Å²) in [4.78, 5) is 24.1. The highest BCUT2D eigenvalue weighted by Gasteiger charge is 2.29. The van der Waals surface area contributed by atoms with Crippen LogP contribution in [0.15, 0.2) is 58.3 Å². The number of para-hydroxylation sites is 1. The lowest BCUT2D eigenvalue weighted by Gasteiger charge is -2.26. The van der Waals surface area contributed by atoms with Crippen molar-refractivity contribution in [3.05, 3.63) is 54.1 Å². The van der Waals surface area contributed by atoms with Gasteiger partial charge in [0.15, 0.2) is 0 Å². The average Bonchev–Trinajstić information content (AvgIpc) is 2.69. The van der Waals surface area contributed by atoms with E-state index in [2.05, 4.69) is 10.6 Å². The quantitative estimate of drug-likeness (QED) is 0.671. The van der Waals surface area contributed by atoms with Crippen LogP contribution in [0.2, 0.25) is 0 Å². The smallest absolute Gasteiger partial charge is 0.288 e. The normalized spacial score (nSPS) is 15.2. The summed E-state index contributed by atoms with van der Waals surface area (Å²) in [5, 5.41) is 5.08. The summed E-state index contributed by atoms with van der Waals surface area (Å²) in [6, 6.07) is 11.4. The summed E-state index contributed by atoms with van der Waals surface area (Å²) >= 11 is 0.300. The minimum Gasteiger partial charge on any atom is -0.354 e. The van der Waals surface area contributed by atoms with Gasteiger partial charge in [-0.1, -0.05) is 30.0 Å². The first kappa shape index (κ1) is 21.2. The zero-order valence-electron chi connectivity index (χ0n) is 15.0. The molecule has 29 heavy (non-hydrogen) atoms. The summed E-state index contributed by atoms with van der Waals surface area (Å²) in [5.74, 6) is -3.69. The Kier molecular flexibility index (Phi) is 6.50. The minimum atomic E-state index is -3.96. The third kappa shape index (κ3) is 5.11. The van der Waals surface area contributed by atoms with Crippen LogP contribution < -0.4 is 10.6 Å². The Morgan fingerprint density at radius 1 is 1.17 bits per heavy atom. The Balaban J connectivity index is 1.83. The monoisotopic (exact) mass is 441 g/mol. The highest BCUT2D eigenvalue weighted by molar-refractivity contribution is 7.99. The molecule has 0 unspecified atom stereocenters. The third-order valence-electron chi connectivity index (χ3n) is 4.09. The molecule has 2 aromatic carbocycles. The van der Waals surface area contributed by atoms with Crippen LogP contribution in [0.3, 0.4) is 0 Å². The maximum Gasteiger partial charge on any atom is 0.288 e. The molecule has 2 amide bonds. The van der Waals surface area contributed by atoms with Crippen LogP contribution >= 0.6 is 11.8 Å². The number of anilines is 1. The standard InChI is InChI=1S/C18H17F2N3O4S2/c19-18(20)28-15-7-2-1-6-14(15)22-17(25)12-4-3-5-13(10-12)29(26,27)23-9-8-21-16(24)11-23/h1-7,10,18H,8-9,11H2,(H,21,24)(H,22,25). The van der Waals surface area contributed by atoms with Crippen LogP contribution in [-0.2, 0) is 14.8 Å². The van der Waals surface area contributed by atoms with Crippen LogP contribution in [-0.4, -0.2) is 49.9 Å². The van der Waals surface area contributed by atoms with Crippen LogP contribution in [0.5, 0.6) is 0 Å². The van der Waals surface area contributed by atoms with E-state index in [1.807, 2.05) is 0 Å². The zero-order chi connectivity index (χ0) is 21.0. The fraction of sp³-hybridized carbons (Fsp3) is 0.222. The Hall–Kier alpha value is -2.50. The number of nitrogens with one attached hydrogen (secondary N) is 2. The lowest BCUT2D eigenvalue weighted by atomic mass is 10.2.